The zero-order valence-electron chi connectivity index (χ0n) is 10.7. The van der Waals surface area contributed by atoms with Gasteiger partial charge in [0.15, 0.2) is 0 Å². The normalized spacial score (nSPS) is 10.6. The average molecular weight is 310 g/mol. The van der Waals surface area contributed by atoms with Crippen molar-refractivity contribution in [3.63, 3.8) is 0 Å². The van der Waals surface area contributed by atoms with Crippen molar-refractivity contribution in [3.8, 4) is 6.07 Å². The number of hydrogen-bond donors (Lipinski definition) is 2. The van der Waals surface area contributed by atoms with Gasteiger partial charge in [0.2, 0.25) is 5.91 Å². The maximum atomic E-state index is 11.6. The Labute approximate surface area is 116 Å². The minimum Gasteiger partial charge on any atom is -0.383 e. The summed E-state index contributed by atoms with van der Waals surface area (Å²) in [5.41, 5.74) is 0.754. The van der Waals surface area contributed by atoms with Gasteiger partial charge in [0.05, 0.1) is 16.7 Å². The number of halogens is 1. The average Bonchev–Trinajstić information content (AvgIpc) is 2.36. The van der Waals surface area contributed by atoms with E-state index in [1.807, 2.05) is 26.0 Å². The highest BCUT2D eigenvalue weighted by molar-refractivity contribution is 9.10. The minimum absolute atomic E-state index is 0.0365. The van der Waals surface area contributed by atoms with Crippen LogP contribution in [0, 0.1) is 16.7 Å². The van der Waals surface area contributed by atoms with Crippen molar-refractivity contribution in [2.45, 2.75) is 13.8 Å². The van der Waals surface area contributed by atoms with E-state index in [0.717, 1.165) is 10.2 Å². The Balaban J connectivity index is 2.81. The van der Waals surface area contributed by atoms with Crippen LogP contribution >= 0.6 is 15.9 Å². The first-order valence-electron chi connectivity index (χ1n) is 5.56. The predicted octanol–water partition coefficient (Wildman–Crippen LogP) is 2.50. The summed E-state index contributed by atoms with van der Waals surface area (Å²) in [5.74, 6) is -0.0365. The van der Waals surface area contributed by atoms with Crippen LogP contribution in [0.5, 0.6) is 0 Å². The quantitative estimate of drug-likeness (QED) is 0.898. The molecule has 96 valence electrons. The summed E-state index contributed by atoms with van der Waals surface area (Å²) in [6.45, 7) is 4.16. The molecule has 1 aromatic carbocycles. The molecular formula is C13H16BrN3O. The summed E-state index contributed by atoms with van der Waals surface area (Å²) < 4.78 is 0.857. The lowest BCUT2D eigenvalue weighted by Gasteiger charge is -2.23. The Morgan fingerprint density at radius 3 is 2.72 bits per heavy atom. The van der Waals surface area contributed by atoms with Crippen LogP contribution in [0.15, 0.2) is 22.7 Å². The van der Waals surface area contributed by atoms with Crippen LogP contribution in [0.2, 0.25) is 0 Å². The number of carbonyl (C=O) groups excluding carboxylic acids is 1. The van der Waals surface area contributed by atoms with Gasteiger partial charge in [0.25, 0.3) is 0 Å². The van der Waals surface area contributed by atoms with E-state index in [-0.39, 0.29) is 5.91 Å². The topological polar surface area (TPSA) is 64.9 Å². The van der Waals surface area contributed by atoms with Crippen molar-refractivity contribution >= 4 is 27.5 Å². The summed E-state index contributed by atoms with van der Waals surface area (Å²) in [6, 6.07) is 7.55. The Bertz CT molecular complexity index is 491. The zero-order chi connectivity index (χ0) is 13.8. The smallest absolute Gasteiger partial charge is 0.227 e. The van der Waals surface area contributed by atoms with Crippen molar-refractivity contribution in [2.75, 3.05) is 18.9 Å². The van der Waals surface area contributed by atoms with Crippen LogP contribution < -0.4 is 10.6 Å². The molecule has 0 atom stereocenters. The fourth-order valence-electron chi connectivity index (χ4n) is 1.50. The number of hydrogen-bond acceptors (Lipinski definition) is 3. The summed E-state index contributed by atoms with van der Waals surface area (Å²) >= 11 is 3.32. The summed E-state index contributed by atoms with van der Waals surface area (Å²) in [6.07, 6.45) is 0. The number of rotatable bonds is 4. The predicted molar refractivity (Wildman–Crippen MR) is 75.2 cm³/mol. The van der Waals surface area contributed by atoms with Crippen LogP contribution in [0.1, 0.15) is 19.4 Å². The van der Waals surface area contributed by atoms with Crippen LogP contribution in [0.3, 0.4) is 0 Å². The summed E-state index contributed by atoms with van der Waals surface area (Å²) in [5, 5.41) is 14.8. The lowest BCUT2D eigenvalue weighted by atomic mass is 9.92. The Hall–Kier alpha value is -1.54. The first-order chi connectivity index (χ1) is 8.40. The highest BCUT2D eigenvalue weighted by atomic mass is 79.9. The molecule has 1 rings (SSSR count). The first-order valence-corrected chi connectivity index (χ1v) is 6.35. The molecule has 0 aliphatic carbocycles. The molecule has 0 unspecified atom stereocenters. The molecule has 0 radical (unpaired) electrons. The van der Waals surface area contributed by atoms with Gasteiger partial charge in [-0.2, -0.15) is 5.26 Å². The molecule has 1 aromatic rings. The van der Waals surface area contributed by atoms with E-state index in [9.17, 15) is 4.79 Å². The highest BCUT2D eigenvalue weighted by Gasteiger charge is 2.26. The number of carbonyl (C=O) groups is 1. The standard InChI is InChI=1S/C13H16BrN3O/c1-13(2,12(18)16-3)8-17-11-5-4-10(14)6-9(11)7-15/h4-6,17H,8H2,1-3H3,(H,16,18). The van der Waals surface area contributed by atoms with E-state index in [1.54, 1.807) is 13.1 Å². The van der Waals surface area contributed by atoms with E-state index in [2.05, 4.69) is 32.6 Å². The van der Waals surface area contributed by atoms with Gasteiger partial charge in [-0.1, -0.05) is 15.9 Å². The fraction of sp³-hybridized carbons (Fsp3) is 0.385. The first kappa shape index (κ1) is 14.5. The molecule has 0 heterocycles. The van der Waals surface area contributed by atoms with Crippen molar-refractivity contribution in [3.05, 3.63) is 28.2 Å². The van der Waals surface area contributed by atoms with E-state index in [1.165, 1.54) is 0 Å². The summed E-state index contributed by atoms with van der Waals surface area (Å²) in [4.78, 5) is 11.6. The molecular weight excluding hydrogens is 294 g/mol. The fourth-order valence-corrected chi connectivity index (χ4v) is 1.86. The molecule has 0 aromatic heterocycles. The largest absolute Gasteiger partial charge is 0.383 e. The second kappa shape index (κ2) is 5.87. The lowest BCUT2D eigenvalue weighted by molar-refractivity contribution is -0.128. The number of nitriles is 1. The number of amides is 1. The third-order valence-corrected chi connectivity index (χ3v) is 3.16. The highest BCUT2D eigenvalue weighted by Crippen LogP contribution is 2.22. The van der Waals surface area contributed by atoms with Crippen LogP contribution in [-0.4, -0.2) is 19.5 Å². The lowest BCUT2D eigenvalue weighted by Crippen LogP contribution is -2.39. The van der Waals surface area contributed by atoms with E-state index < -0.39 is 5.41 Å². The molecule has 0 saturated carbocycles. The van der Waals surface area contributed by atoms with Gasteiger partial charge in [0.1, 0.15) is 6.07 Å². The van der Waals surface area contributed by atoms with Crippen LogP contribution in [-0.2, 0) is 4.79 Å². The Kier molecular flexibility index (Phi) is 4.74. The second-order valence-corrected chi connectivity index (χ2v) is 5.53. The molecule has 2 N–H and O–H groups in total. The third-order valence-electron chi connectivity index (χ3n) is 2.66. The Morgan fingerprint density at radius 2 is 2.17 bits per heavy atom. The molecule has 0 fully saturated rings. The van der Waals surface area contributed by atoms with E-state index in [0.29, 0.717) is 12.1 Å². The molecule has 1 amide bonds. The maximum Gasteiger partial charge on any atom is 0.227 e. The van der Waals surface area contributed by atoms with Gasteiger partial charge in [-0.05, 0) is 32.0 Å². The Morgan fingerprint density at radius 1 is 1.50 bits per heavy atom. The third kappa shape index (κ3) is 3.47. The van der Waals surface area contributed by atoms with Crippen LogP contribution in [0.4, 0.5) is 5.69 Å². The number of nitrogens with zero attached hydrogens (tertiary/aromatic N) is 1. The van der Waals surface area contributed by atoms with Crippen molar-refractivity contribution in [2.24, 2.45) is 5.41 Å². The van der Waals surface area contributed by atoms with Crippen molar-refractivity contribution < 1.29 is 4.79 Å². The van der Waals surface area contributed by atoms with E-state index in [4.69, 9.17) is 5.26 Å². The van der Waals surface area contributed by atoms with E-state index >= 15 is 0 Å². The molecule has 4 nitrogen and oxygen atoms in total. The zero-order valence-corrected chi connectivity index (χ0v) is 12.3. The van der Waals surface area contributed by atoms with Gasteiger partial charge in [-0.15, -0.1) is 0 Å². The SMILES string of the molecule is CNC(=O)C(C)(C)CNc1ccc(Br)cc1C#N. The van der Waals surface area contributed by atoms with Crippen molar-refractivity contribution in [1.82, 2.24) is 5.32 Å². The molecule has 0 saturated heterocycles. The number of benzene rings is 1. The van der Waals surface area contributed by atoms with Gasteiger partial charge < -0.3 is 10.6 Å². The monoisotopic (exact) mass is 309 g/mol. The number of nitrogens with one attached hydrogen (secondary N) is 2. The molecule has 0 aliphatic rings. The van der Waals surface area contributed by atoms with Gasteiger partial charge in [-0.3, -0.25) is 4.79 Å². The van der Waals surface area contributed by atoms with Gasteiger partial charge in [0, 0.05) is 18.1 Å². The number of anilines is 1. The maximum absolute atomic E-state index is 11.6. The van der Waals surface area contributed by atoms with Crippen LogP contribution in [0.25, 0.3) is 0 Å². The molecule has 0 bridgehead atoms. The molecule has 18 heavy (non-hydrogen) atoms. The van der Waals surface area contributed by atoms with Crippen molar-refractivity contribution in [1.29, 1.82) is 5.26 Å². The molecule has 5 heteroatoms. The summed E-state index contributed by atoms with van der Waals surface area (Å²) in [7, 11) is 1.62. The minimum atomic E-state index is -0.533. The van der Waals surface area contributed by atoms with Gasteiger partial charge >= 0.3 is 0 Å². The van der Waals surface area contributed by atoms with Gasteiger partial charge in [-0.25, -0.2) is 0 Å². The molecule has 0 spiro atoms. The molecule has 0 aliphatic heterocycles. The second-order valence-electron chi connectivity index (χ2n) is 4.62.